The van der Waals surface area contributed by atoms with Gasteiger partial charge in [-0.3, -0.25) is 15.4 Å². The van der Waals surface area contributed by atoms with Crippen molar-refractivity contribution in [3.8, 4) is 11.3 Å². The molecular formula is C22H19FN4O4. The summed E-state index contributed by atoms with van der Waals surface area (Å²) in [7, 11) is 0. The Bertz CT molecular complexity index is 1160. The normalized spacial score (nSPS) is 13.6. The molecule has 8 nitrogen and oxygen atoms in total. The van der Waals surface area contributed by atoms with E-state index in [2.05, 4.69) is 10.3 Å². The van der Waals surface area contributed by atoms with E-state index in [0.717, 1.165) is 16.7 Å². The number of benzene rings is 2. The number of anilines is 1. The lowest BCUT2D eigenvalue weighted by Gasteiger charge is -2.16. The first kappa shape index (κ1) is 20.4. The molecule has 0 fully saturated rings. The molecule has 1 unspecified atom stereocenters. The first-order chi connectivity index (χ1) is 14.8. The highest BCUT2D eigenvalue weighted by atomic mass is 19.1. The van der Waals surface area contributed by atoms with Crippen molar-refractivity contribution in [3.05, 3.63) is 87.2 Å². The molecule has 2 heterocycles. The maximum atomic E-state index is 13.2. The van der Waals surface area contributed by atoms with Gasteiger partial charge in [-0.1, -0.05) is 18.2 Å². The Morgan fingerprint density at radius 3 is 2.55 bits per heavy atom. The number of rotatable bonds is 4. The van der Waals surface area contributed by atoms with Gasteiger partial charge < -0.3 is 10.0 Å². The van der Waals surface area contributed by atoms with Crippen molar-refractivity contribution in [1.29, 1.82) is 0 Å². The largest absolute Gasteiger partial charge is 0.389 e. The lowest BCUT2D eigenvalue weighted by Crippen LogP contribution is -2.30. The average molecular weight is 422 g/mol. The van der Waals surface area contributed by atoms with Crippen molar-refractivity contribution in [2.24, 2.45) is 0 Å². The van der Waals surface area contributed by atoms with Crippen molar-refractivity contribution in [2.75, 3.05) is 5.32 Å². The number of carbonyl (C=O) groups is 1. The van der Waals surface area contributed by atoms with Gasteiger partial charge in [-0.05, 0) is 53.9 Å². The van der Waals surface area contributed by atoms with Crippen molar-refractivity contribution in [1.82, 2.24) is 9.88 Å². The Labute approximate surface area is 177 Å². The number of hydrogen-bond acceptors (Lipinski definition) is 5. The smallest absolute Gasteiger partial charge is 0.323 e. The van der Waals surface area contributed by atoms with E-state index in [9.17, 15) is 24.4 Å². The van der Waals surface area contributed by atoms with Gasteiger partial charge in [0.2, 0.25) is 5.82 Å². The molecule has 3 aromatic rings. The number of aromatic nitrogens is 1. The Morgan fingerprint density at radius 1 is 1.16 bits per heavy atom. The second kappa shape index (κ2) is 8.11. The van der Waals surface area contributed by atoms with Crippen LogP contribution in [0.15, 0.2) is 54.6 Å². The molecule has 4 rings (SSSR count). The zero-order valence-electron chi connectivity index (χ0n) is 16.6. The first-order valence-electron chi connectivity index (χ1n) is 9.59. The van der Waals surface area contributed by atoms with Crippen molar-refractivity contribution < 1.29 is 19.2 Å². The van der Waals surface area contributed by atoms with Crippen molar-refractivity contribution in [2.45, 2.75) is 26.1 Å². The summed E-state index contributed by atoms with van der Waals surface area (Å²) in [4.78, 5) is 29.4. The molecule has 1 atom stereocenters. The molecular weight excluding hydrogens is 403 g/mol. The van der Waals surface area contributed by atoms with Gasteiger partial charge in [-0.15, -0.1) is 0 Å². The van der Waals surface area contributed by atoms with Gasteiger partial charge in [-0.25, -0.2) is 14.2 Å². The first-order valence-corrected chi connectivity index (χ1v) is 9.59. The summed E-state index contributed by atoms with van der Waals surface area (Å²) in [5.74, 6) is -0.594. The third-order valence-electron chi connectivity index (χ3n) is 5.16. The highest BCUT2D eigenvalue weighted by Gasteiger charge is 2.27. The lowest BCUT2D eigenvalue weighted by atomic mass is 10.0. The van der Waals surface area contributed by atoms with Crippen LogP contribution in [0, 0.1) is 15.9 Å². The van der Waals surface area contributed by atoms with Crippen LogP contribution in [0.25, 0.3) is 11.3 Å². The van der Waals surface area contributed by atoms with Gasteiger partial charge in [0.1, 0.15) is 5.82 Å². The van der Waals surface area contributed by atoms with E-state index in [4.69, 9.17) is 0 Å². The van der Waals surface area contributed by atoms with Crippen LogP contribution in [0.1, 0.15) is 29.7 Å². The number of aliphatic hydroxyl groups is 1. The number of aliphatic hydroxyl groups excluding tert-OH is 1. The predicted molar refractivity (Wildman–Crippen MR) is 112 cm³/mol. The van der Waals surface area contributed by atoms with E-state index < -0.39 is 22.9 Å². The molecule has 1 aliphatic heterocycles. The minimum absolute atomic E-state index is 0.183. The lowest BCUT2D eigenvalue weighted by molar-refractivity contribution is -0.384. The Hall–Kier alpha value is -3.85. The number of fused-ring (bicyclic) bond motifs is 1. The van der Waals surface area contributed by atoms with Crippen LogP contribution in [0.5, 0.6) is 0 Å². The second-order valence-corrected chi connectivity index (χ2v) is 7.32. The SMILES string of the molecule is CC(O)c1ccc2c(c1)CN(C(=O)Nc1nc(-c3ccc(F)cc3)ccc1[N+](=O)[O-])C2. The standard InChI is InChI=1S/C22H19FN4O4/c1-13(28)15-2-3-16-11-26(12-17(16)10-15)22(29)25-21-20(27(30)31)9-8-19(24-21)14-4-6-18(23)7-5-14/h2-10,13,28H,11-12H2,1H3,(H,24,25,29). The molecule has 2 aromatic carbocycles. The molecule has 158 valence electrons. The van der Waals surface area contributed by atoms with Gasteiger partial charge in [0, 0.05) is 24.7 Å². The molecule has 0 bridgehead atoms. The quantitative estimate of drug-likeness (QED) is 0.479. The molecule has 1 aliphatic rings. The molecule has 1 aromatic heterocycles. The van der Waals surface area contributed by atoms with E-state index in [1.165, 1.54) is 41.3 Å². The number of nitrogens with zero attached hydrogens (tertiary/aromatic N) is 3. The summed E-state index contributed by atoms with van der Waals surface area (Å²) < 4.78 is 13.2. The number of hydrogen-bond donors (Lipinski definition) is 2. The molecule has 0 spiro atoms. The van der Waals surface area contributed by atoms with Gasteiger partial charge in [0.25, 0.3) is 0 Å². The van der Waals surface area contributed by atoms with Gasteiger partial charge >= 0.3 is 11.7 Å². The van der Waals surface area contributed by atoms with Gasteiger partial charge in [0.05, 0.1) is 16.7 Å². The number of urea groups is 1. The molecule has 0 saturated carbocycles. The maximum Gasteiger partial charge on any atom is 0.323 e. The molecule has 2 amide bonds. The highest BCUT2D eigenvalue weighted by Crippen LogP contribution is 2.30. The molecule has 0 aliphatic carbocycles. The van der Waals surface area contributed by atoms with E-state index in [-0.39, 0.29) is 11.5 Å². The monoisotopic (exact) mass is 422 g/mol. The number of nitrogens with one attached hydrogen (secondary N) is 1. The number of amides is 2. The number of carbonyl (C=O) groups excluding carboxylic acids is 1. The van der Waals surface area contributed by atoms with Gasteiger partial charge in [-0.2, -0.15) is 0 Å². The van der Waals surface area contributed by atoms with Crippen LogP contribution >= 0.6 is 0 Å². The fourth-order valence-electron chi connectivity index (χ4n) is 3.47. The van der Waals surface area contributed by atoms with Crippen LogP contribution in [0.4, 0.5) is 20.7 Å². The second-order valence-electron chi connectivity index (χ2n) is 7.32. The highest BCUT2D eigenvalue weighted by molar-refractivity contribution is 5.91. The fraction of sp³-hybridized carbons (Fsp3) is 0.182. The summed E-state index contributed by atoms with van der Waals surface area (Å²) >= 11 is 0. The van der Waals surface area contributed by atoms with E-state index in [0.29, 0.717) is 24.3 Å². The topological polar surface area (TPSA) is 109 Å². The van der Waals surface area contributed by atoms with Crippen LogP contribution in [0.3, 0.4) is 0 Å². The molecule has 0 radical (unpaired) electrons. The number of pyridine rings is 1. The zero-order chi connectivity index (χ0) is 22.1. The van der Waals surface area contributed by atoms with Gasteiger partial charge in [0.15, 0.2) is 0 Å². The molecule has 2 N–H and O–H groups in total. The summed E-state index contributed by atoms with van der Waals surface area (Å²) in [5.41, 5.74) is 3.20. The number of halogens is 1. The van der Waals surface area contributed by atoms with Crippen molar-refractivity contribution in [3.63, 3.8) is 0 Å². The van der Waals surface area contributed by atoms with Crippen LogP contribution in [0.2, 0.25) is 0 Å². The third kappa shape index (κ3) is 4.22. The van der Waals surface area contributed by atoms with Crippen LogP contribution < -0.4 is 5.32 Å². The molecule has 0 saturated heterocycles. The molecule has 31 heavy (non-hydrogen) atoms. The Morgan fingerprint density at radius 2 is 1.87 bits per heavy atom. The Balaban J connectivity index is 1.57. The summed E-state index contributed by atoms with van der Waals surface area (Å²) in [6.45, 7) is 2.32. The van der Waals surface area contributed by atoms with E-state index in [1.54, 1.807) is 6.92 Å². The summed E-state index contributed by atoms with van der Waals surface area (Å²) in [5, 5.41) is 23.7. The Kier molecular flexibility index (Phi) is 5.35. The minimum atomic E-state index is -0.620. The average Bonchev–Trinajstić information content (AvgIpc) is 3.17. The van der Waals surface area contributed by atoms with E-state index in [1.807, 2.05) is 18.2 Å². The van der Waals surface area contributed by atoms with Crippen LogP contribution in [-0.2, 0) is 13.1 Å². The predicted octanol–water partition coefficient (Wildman–Crippen LogP) is 4.40. The van der Waals surface area contributed by atoms with E-state index >= 15 is 0 Å². The molecule has 9 heteroatoms. The maximum absolute atomic E-state index is 13.2. The summed E-state index contributed by atoms with van der Waals surface area (Å²) in [6, 6.07) is 13.2. The third-order valence-corrected chi connectivity index (χ3v) is 5.16. The fourth-order valence-corrected chi connectivity index (χ4v) is 3.47. The van der Waals surface area contributed by atoms with Crippen LogP contribution in [-0.4, -0.2) is 25.9 Å². The van der Waals surface area contributed by atoms with Crippen molar-refractivity contribution >= 4 is 17.5 Å². The summed E-state index contributed by atoms with van der Waals surface area (Å²) in [6.07, 6.45) is -0.616. The number of nitro groups is 1. The minimum Gasteiger partial charge on any atom is -0.389 e. The zero-order valence-corrected chi connectivity index (χ0v) is 16.6.